The van der Waals surface area contributed by atoms with Gasteiger partial charge < -0.3 is 9.73 Å². The van der Waals surface area contributed by atoms with Crippen LogP contribution in [0.1, 0.15) is 25.7 Å². The zero-order valence-corrected chi connectivity index (χ0v) is 10.9. The van der Waals surface area contributed by atoms with Gasteiger partial charge in [0.15, 0.2) is 5.58 Å². The molecule has 19 heavy (non-hydrogen) atoms. The summed E-state index contributed by atoms with van der Waals surface area (Å²) in [5.41, 5.74) is 1.44. The number of rotatable bonds is 2. The van der Waals surface area contributed by atoms with E-state index in [1.807, 2.05) is 12.1 Å². The molecule has 0 amide bonds. The first kappa shape index (κ1) is 11.2. The fraction of sp³-hybridized carbons (Fsp3) is 0.571. The van der Waals surface area contributed by atoms with Crippen molar-refractivity contribution in [2.75, 3.05) is 18.4 Å². The number of aromatic nitrogens is 2. The van der Waals surface area contributed by atoms with Gasteiger partial charge in [-0.3, -0.25) is 4.90 Å². The van der Waals surface area contributed by atoms with Crippen LogP contribution in [-0.2, 0) is 0 Å². The van der Waals surface area contributed by atoms with Crippen molar-refractivity contribution in [1.29, 1.82) is 0 Å². The van der Waals surface area contributed by atoms with Crippen molar-refractivity contribution < 1.29 is 4.42 Å². The fourth-order valence-electron chi connectivity index (χ4n) is 3.45. The smallest absolute Gasteiger partial charge is 0.297 e. The van der Waals surface area contributed by atoms with Crippen LogP contribution in [0, 0.1) is 0 Å². The van der Waals surface area contributed by atoms with Crippen LogP contribution in [0.5, 0.6) is 0 Å². The first-order valence-corrected chi connectivity index (χ1v) is 7.12. The van der Waals surface area contributed by atoms with E-state index >= 15 is 0 Å². The minimum Gasteiger partial charge on any atom is -0.422 e. The SMILES string of the molecule is c1cnc2nc(N[C@@H]3CCCN4CCC[C@@H]34)oc2c1. The summed E-state index contributed by atoms with van der Waals surface area (Å²) in [5, 5.41) is 3.48. The van der Waals surface area contributed by atoms with Crippen molar-refractivity contribution in [3.63, 3.8) is 0 Å². The fourth-order valence-corrected chi connectivity index (χ4v) is 3.45. The molecular weight excluding hydrogens is 240 g/mol. The van der Waals surface area contributed by atoms with Gasteiger partial charge in [0, 0.05) is 18.3 Å². The number of anilines is 1. The van der Waals surface area contributed by atoms with Crippen molar-refractivity contribution in [2.24, 2.45) is 0 Å². The van der Waals surface area contributed by atoms with Crippen molar-refractivity contribution in [2.45, 2.75) is 37.8 Å². The Balaban J connectivity index is 1.56. The van der Waals surface area contributed by atoms with E-state index in [2.05, 4.69) is 20.2 Å². The highest BCUT2D eigenvalue weighted by Gasteiger charge is 2.35. The van der Waals surface area contributed by atoms with E-state index in [1.165, 1.54) is 38.8 Å². The van der Waals surface area contributed by atoms with Crippen molar-refractivity contribution in [1.82, 2.24) is 14.9 Å². The van der Waals surface area contributed by atoms with Gasteiger partial charge >= 0.3 is 0 Å². The number of hydrogen-bond acceptors (Lipinski definition) is 5. The molecule has 2 aromatic rings. The molecule has 2 fully saturated rings. The van der Waals surface area contributed by atoms with E-state index in [0.717, 1.165) is 5.58 Å². The third kappa shape index (κ3) is 1.98. The Hall–Kier alpha value is -1.62. The number of hydrogen-bond donors (Lipinski definition) is 1. The monoisotopic (exact) mass is 258 g/mol. The zero-order chi connectivity index (χ0) is 12.7. The van der Waals surface area contributed by atoms with Gasteiger partial charge in [0.05, 0.1) is 0 Å². The largest absolute Gasteiger partial charge is 0.422 e. The minimum atomic E-state index is 0.462. The molecule has 0 bridgehead atoms. The summed E-state index contributed by atoms with van der Waals surface area (Å²) in [5.74, 6) is 0. The van der Waals surface area contributed by atoms with Crippen LogP contribution in [-0.4, -0.2) is 40.0 Å². The second-order valence-corrected chi connectivity index (χ2v) is 5.48. The van der Waals surface area contributed by atoms with Crippen LogP contribution < -0.4 is 5.32 Å². The Morgan fingerprint density at radius 2 is 2.16 bits per heavy atom. The van der Waals surface area contributed by atoms with Gasteiger partial charge in [-0.1, -0.05) is 0 Å². The van der Waals surface area contributed by atoms with E-state index in [1.54, 1.807) is 6.20 Å². The van der Waals surface area contributed by atoms with Gasteiger partial charge in [0.25, 0.3) is 6.01 Å². The molecule has 5 nitrogen and oxygen atoms in total. The predicted molar refractivity (Wildman–Crippen MR) is 73.0 cm³/mol. The zero-order valence-electron chi connectivity index (χ0n) is 10.9. The second kappa shape index (κ2) is 4.49. The molecule has 0 aliphatic carbocycles. The van der Waals surface area contributed by atoms with Gasteiger partial charge in [-0.15, -0.1) is 0 Å². The van der Waals surface area contributed by atoms with Crippen LogP contribution in [0.15, 0.2) is 22.7 Å². The highest BCUT2D eigenvalue weighted by Crippen LogP contribution is 2.29. The number of fused-ring (bicyclic) bond motifs is 2. The van der Waals surface area contributed by atoms with Gasteiger partial charge in [0.2, 0.25) is 5.65 Å². The lowest BCUT2D eigenvalue weighted by Gasteiger charge is -2.36. The summed E-state index contributed by atoms with van der Waals surface area (Å²) in [6.45, 7) is 2.50. The molecule has 4 rings (SSSR count). The van der Waals surface area contributed by atoms with Crippen molar-refractivity contribution >= 4 is 17.2 Å². The summed E-state index contributed by atoms with van der Waals surface area (Å²) in [6.07, 6.45) is 6.81. The molecule has 4 heterocycles. The lowest BCUT2D eigenvalue weighted by atomic mass is 9.97. The van der Waals surface area contributed by atoms with E-state index in [0.29, 0.717) is 23.7 Å². The minimum absolute atomic E-state index is 0.462. The summed E-state index contributed by atoms with van der Waals surface area (Å²) in [4.78, 5) is 11.2. The number of oxazole rings is 1. The standard InChI is InChI=1S/C14H18N4O/c1-6-12-13(15-7-1)17-14(19-12)16-10-4-2-8-18-9-3-5-11(10)18/h1,6-7,10-11H,2-5,8-9H2,(H,15,16,17)/t10-,11+/m1/s1. The predicted octanol–water partition coefficient (Wildman–Crippen LogP) is 2.26. The maximum Gasteiger partial charge on any atom is 0.297 e. The first-order chi connectivity index (χ1) is 9.40. The maximum absolute atomic E-state index is 5.72. The topological polar surface area (TPSA) is 54.2 Å². The Labute approximate surface area is 112 Å². The lowest BCUT2D eigenvalue weighted by Crippen LogP contribution is -2.47. The number of piperidine rings is 1. The third-order valence-electron chi connectivity index (χ3n) is 4.31. The second-order valence-electron chi connectivity index (χ2n) is 5.48. The van der Waals surface area contributed by atoms with Crippen LogP contribution in [0.2, 0.25) is 0 Å². The molecule has 100 valence electrons. The average molecular weight is 258 g/mol. The summed E-state index contributed by atoms with van der Waals surface area (Å²) >= 11 is 0. The molecule has 2 atom stereocenters. The van der Waals surface area contributed by atoms with Crippen LogP contribution in [0.25, 0.3) is 11.2 Å². The van der Waals surface area contributed by atoms with Crippen LogP contribution >= 0.6 is 0 Å². The lowest BCUT2D eigenvalue weighted by molar-refractivity contribution is 0.181. The van der Waals surface area contributed by atoms with Crippen LogP contribution in [0.3, 0.4) is 0 Å². The number of nitrogens with zero attached hydrogens (tertiary/aromatic N) is 3. The molecular formula is C14H18N4O. The maximum atomic E-state index is 5.72. The van der Waals surface area contributed by atoms with E-state index in [9.17, 15) is 0 Å². The molecule has 2 aliphatic heterocycles. The molecule has 2 aliphatic rings. The van der Waals surface area contributed by atoms with Crippen molar-refractivity contribution in [3.8, 4) is 0 Å². The van der Waals surface area contributed by atoms with Gasteiger partial charge in [-0.05, 0) is 50.9 Å². The number of pyridine rings is 1. The first-order valence-electron chi connectivity index (χ1n) is 7.12. The molecule has 2 saturated heterocycles. The van der Waals surface area contributed by atoms with Gasteiger partial charge in [0.1, 0.15) is 0 Å². The van der Waals surface area contributed by atoms with Crippen molar-refractivity contribution in [3.05, 3.63) is 18.3 Å². The summed E-state index contributed by atoms with van der Waals surface area (Å²) < 4.78 is 5.72. The summed E-state index contributed by atoms with van der Waals surface area (Å²) in [7, 11) is 0. The van der Waals surface area contributed by atoms with E-state index < -0.39 is 0 Å². The molecule has 0 unspecified atom stereocenters. The number of nitrogens with one attached hydrogen (secondary N) is 1. The van der Waals surface area contributed by atoms with E-state index in [-0.39, 0.29) is 0 Å². The summed E-state index contributed by atoms with van der Waals surface area (Å²) in [6, 6.07) is 5.51. The third-order valence-corrected chi connectivity index (χ3v) is 4.31. The normalized spacial score (nSPS) is 27.6. The molecule has 0 spiro atoms. The molecule has 0 saturated carbocycles. The Bertz CT molecular complexity index is 549. The highest BCUT2D eigenvalue weighted by molar-refractivity contribution is 5.69. The highest BCUT2D eigenvalue weighted by atomic mass is 16.4. The average Bonchev–Trinajstić information content (AvgIpc) is 3.04. The molecule has 0 radical (unpaired) electrons. The molecule has 1 N–H and O–H groups in total. The van der Waals surface area contributed by atoms with E-state index in [4.69, 9.17) is 4.42 Å². The Morgan fingerprint density at radius 1 is 1.26 bits per heavy atom. The Morgan fingerprint density at radius 3 is 3.05 bits per heavy atom. The van der Waals surface area contributed by atoms with Gasteiger partial charge in [-0.25, -0.2) is 4.98 Å². The molecule has 2 aromatic heterocycles. The molecule has 5 heteroatoms. The van der Waals surface area contributed by atoms with Crippen LogP contribution in [0.4, 0.5) is 6.01 Å². The Kier molecular flexibility index (Phi) is 2.65. The molecule has 0 aromatic carbocycles. The quantitative estimate of drug-likeness (QED) is 0.895. The van der Waals surface area contributed by atoms with Gasteiger partial charge in [-0.2, -0.15) is 4.98 Å².